The molecule has 0 saturated carbocycles. The summed E-state index contributed by atoms with van der Waals surface area (Å²) in [6.45, 7) is 3.13. The van der Waals surface area contributed by atoms with Gasteiger partial charge in [-0.1, -0.05) is 0 Å². The fourth-order valence-electron chi connectivity index (χ4n) is 2.05. The summed E-state index contributed by atoms with van der Waals surface area (Å²) in [5.41, 5.74) is 7.21. The monoisotopic (exact) mass is 274 g/mol. The van der Waals surface area contributed by atoms with E-state index in [0.717, 1.165) is 6.54 Å². The van der Waals surface area contributed by atoms with Crippen LogP contribution in [0.1, 0.15) is 24.4 Å². The molecule has 4 heteroatoms. The molecule has 1 atom stereocenters. The minimum absolute atomic E-state index is 0.431. The van der Waals surface area contributed by atoms with Gasteiger partial charge >= 0.3 is 0 Å². The molecule has 1 aromatic heterocycles. The van der Waals surface area contributed by atoms with Gasteiger partial charge in [0.05, 0.1) is 3.79 Å². The topological polar surface area (TPSA) is 29.3 Å². The Hall–Kier alpha value is 0.1000. The molecule has 0 bridgehead atoms. The van der Waals surface area contributed by atoms with E-state index in [-0.39, 0.29) is 0 Å². The third-order valence-electron chi connectivity index (χ3n) is 2.78. The SMILES string of the molecule is NCC(c1csc(Br)c1)N1CCCC1. The number of likely N-dealkylation sites (tertiary alicyclic amines) is 1. The average molecular weight is 275 g/mol. The molecule has 1 unspecified atom stereocenters. The van der Waals surface area contributed by atoms with E-state index in [0.29, 0.717) is 6.04 Å². The molecule has 1 aliphatic heterocycles. The van der Waals surface area contributed by atoms with Gasteiger partial charge in [-0.2, -0.15) is 0 Å². The van der Waals surface area contributed by atoms with E-state index >= 15 is 0 Å². The normalized spacial score (nSPS) is 20.1. The Labute approximate surface area is 97.2 Å². The maximum absolute atomic E-state index is 5.84. The van der Waals surface area contributed by atoms with Crippen LogP contribution in [0.3, 0.4) is 0 Å². The Balaban J connectivity index is 2.12. The van der Waals surface area contributed by atoms with Crippen molar-refractivity contribution >= 4 is 27.3 Å². The van der Waals surface area contributed by atoms with Crippen molar-refractivity contribution in [2.75, 3.05) is 19.6 Å². The standard InChI is InChI=1S/C10H15BrN2S/c11-10-5-8(7-14-10)9(6-12)13-3-1-2-4-13/h5,7,9H,1-4,6,12H2. The van der Waals surface area contributed by atoms with Gasteiger partial charge in [0, 0.05) is 12.6 Å². The maximum atomic E-state index is 5.84. The van der Waals surface area contributed by atoms with Crippen molar-refractivity contribution in [2.24, 2.45) is 5.73 Å². The van der Waals surface area contributed by atoms with Gasteiger partial charge in [0.1, 0.15) is 0 Å². The number of rotatable bonds is 3. The molecule has 0 radical (unpaired) electrons. The van der Waals surface area contributed by atoms with E-state index < -0.39 is 0 Å². The number of thiophene rings is 1. The summed E-state index contributed by atoms with van der Waals surface area (Å²) in [6.07, 6.45) is 2.64. The lowest BCUT2D eigenvalue weighted by molar-refractivity contribution is 0.252. The second kappa shape index (κ2) is 4.75. The first kappa shape index (κ1) is 10.6. The minimum Gasteiger partial charge on any atom is -0.329 e. The highest BCUT2D eigenvalue weighted by molar-refractivity contribution is 9.11. The smallest absolute Gasteiger partial charge is 0.0701 e. The van der Waals surface area contributed by atoms with Gasteiger partial charge in [-0.25, -0.2) is 0 Å². The van der Waals surface area contributed by atoms with Gasteiger partial charge < -0.3 is 5.73 Å². The van der Waals surface area contributed by atoms with Crippen LogP contribution in [-0.4, -0.2) is 24.5 Å². The summed E-state index contributed by atoms with van der Waals surface area (Å²) in [6, 6.07) is 2.63. The van der Waals surface area contributed by atoms with Gasteiger partial charge in [0.15, 0.2) is 0 Å². The zero-order valence-electron chi connectivity index (χ0n) is 8.08. The number of hydrogen-bond acceptors (Lipinski definition) is 3. The molecular formula is C10H15BrN2S. The third-order valence-corrected chi connectivity index (χ3v) is 4.30. The molecule has 1 fully saturated rings. The summed E-state index contributed by atoms with van der Waals surface area (Å²) < 4.78 is 1.20. The maximum Gasteiger partial charge on any atom is 0.0701 e. The van der Waals surface area contributed by atoms with Gasteiger partial charge in [0.25, 0.3) is 0 Å². The number of nitrogens with two attached hydrogens (primary N) is 1. The van der Waals surface area contributed by atoms with Crippen LogP contribution in [0.4, 0.5) is 0 Å². The van der Waals surface area contributed by atoms with E-state index in [4.69, 9.17) is 5.73 Å². The minimum atomic E-state index is 0.431. The third kappa shape index (κ3) is 2.19. The molecule has 1 aromatic rings. The molecule has 0 spiro atoms. The summed E-state index contributed by atoms with van der Waals surface area (Å²) in [5.74, 6) is 0. The first-order chi connectivity index (χ1) is 6.81. The number of halogens is 1. The van der Waals surface area contributed by atoms with Gasteiger partial charge in [-0.15, -0.1) is 11.3 Å². The van der Waals surface area contributed by atoms with E-state index in [2.05, 4.69) is 32.3 Å². The van der Waals surface area contributed by atoms with Gasteiger partial charge in [-0.05, 0) is 58.9 Å². The predicted octanol–water partition coefficient (Wildman–Crippen LogP) is 2.61. The molecule has 0 amide bonds. The van der Waals surface area contributed by atoms with E-state index in [9.17, 15) is 0 Å². The van der Waals surface area contributed by atoms with Crippen molar-refractivity contribution in [2.45, 2.75) is 18.9 Å². The lowest BCUT2D eigenvalue weighted by atomic mass is 10.1. The molecule has 78 valence electrons. The van der Waals surface area contributed by atoms with Gasteiger partial charge in [-0.3, -0.25) is 4.90 Å². The Kier molecular flexibility index (Phi) is 3.60. The van der Waals surface area contributed by atoms with Crippen LogP contribution in [-0.2, 0) is 0 Å². The molecular weight excluding hydrogens is 260 g/mol. The zero-order valence-corrected chi connectivity index (χ0v) is 10.5. The van der Waals surface area contributed by atoms with Crippen molar-refractivity contribution in [1.82, 2.24) is 4.90 Å². The second-order valence-corrected chi connectivity index (χ2v) is 5.97. The van der Waals surface area contributed by atoms with Crippen LogP contribution >= 0.6 is 27.3 Å². The van der Waals surface area contributed by atoms with Crippen LogP contribution in [0.25, 0.3) is 0 Å². The fraction of sp³-hybridized carbons (Fsp3) is 0.600. The van der Waals surface area contributed by atoms with Crippen LogP contribution in [0, 0.1) is 0 Å². The molecule has 2 nitrogen and oxygen atoms in total. The van der Waals surface area contributed by atoms with E-state index in [1.807, 2.05) is 0 Å². The lowest BCUT2D eigenvalue weighted by Crippen LogP contribution is -2.30. The molecule has 0 aromatic carbocycles. The summed E-state index contributed by atoms with van der Waals surface area (Å²) >= 11 is 5.24. The highest BCUT2D eigenvalue weighted by atomic mass is 79.9. The van der Waals surface area contributed by atoms with E-state index in [1.165, 1.54) is 35.3 Å². The molecule has 1 aliphatic rings. The summed E-state index contributed by atoms with van der Waals surface area (Å²) in [7, 11) is 0. The zero-order chi connectivity index (χ0) is 9.97. The first-order valence-corrected chi connectivity index (χ1v) is 6.66. The summed E-state index contributed by atoms with van der Waals surface area (Å²) in [5, 5.41) is 2.21. The molecule has 2 rings (SSSR count). The quantitative estimate of drug-likeness (QED) is 0.918. The largest absolute Gasteiger partial charge is 0.329 e. The van der Waals surface area contributed by atoms with Crippen LogP contribution in [0.5, 0.6) is 0 Å². The molecule has 2 N–H and O–H groups in total. The van der Waals surface area contributed by atoms with E-state index in [1.54, 1.807) is 11.3 Å². The number of nitrogens with zero attached hydrogens (tertiary/aromatic N) is 1. The lowest BCUT2D eigenvalue weighted by Gasteiger charge is -2.25. The Morgan fingerprint density at radius 1 is 1.50 bits per heavy atom. The van der Waals surface area contributed by atoms with Crippen molar-refractivity contribution in [3.63, 3.8) is 0 Å². The highest BCUT2D eigenvalue weighted by Crippen LogP contribution is 2.30. The highest BCUT2D eigenvalue weighted by Gasteiger charge is 2.22. The molecule has 2 heterocycles. The number of hydrogen-bond donors (Lipinski definition) is 1. The predicted molar refractivity (Wildman–Crippen MR) is 64.6 cm³/mol. The van der Waals surface area contributed by atoms with Crippen molar-refractivity contribution in [3.05, 3.63) is 20.8 Å². The Morgan fingerprint density at radius 2 is 2.21 bits per heavy atom. The van der Waals surface area contributed by atoms with Crippen molar-refractivity contribution < 1.29 is 0 Å². The Morgan fingerprint density at radius 3 is 2.71 bits per heavy atom. The summed E-state index contributed by atoms with van der Waals surface area (Å²) in [4.78, 5) is 2.49. The molecule has 14 heavy (non-hydrogen) atoms. The van der Waals surface area contributed by atoms with Crippen LogP contribution in [0.2, 0.25) is 0 Å². The molecule has 1 saturated heterocycles. The van der Waals surface area contributed by atoms with Crippen molar-refractivity contribution in [3.8, 4) is 0 Å². The second-order valence-electron chi connectivity index (χ2n) is 3.68. The van der Waals surface area contributed by atoms with Crippen LogP contribution in [0.15, 0.2) is 15.2 Å². The average Bonchev–Trinajstić information content (AvgIpc) is 2.79. The Bertz CT molecular complexity index is 294. The first-order valence-electron chi connectivity index (χ1n) is 4.99. The van der Waals surface area contributed by atoms with Gasteiger partial charge in [0.2, 0.25) is 0 Å². The van der Waals surface area contributed by atoms with Crippen molar-refractivity contribution in [1.29, 1.82) is 0 Å². The fourth-order valence-corrected chi connectivity index (χ4v) is 3.27. The molecule has 0 aliphatic carbocycles. The van der Waals surface area contributed by atoms with Crippen LogP contribution < -0.4 is 5.73 Å².